The van der Waals surface area contributed by atoms with Gasteiger partial charge in [0.25, 0.3) is 0 Å². The van der Waals surface area contributed by atoms with Crippen molar-refractivity contribution in [2.75, 3.05) is 23.7 Å². The van der Waals surface area contributed by atoms with E-state index in [9.17, 15) is 0 Å². The Morgan fingerprint density at radius 1 is 1.39 bits per heavy atom. The number of hydrogen-bond acceptors (Lipinski definition) is 3. The summed E-state index contributed by atoms with van der Waals surface area (Å²) in [5.41, 5.74) is 1.91. The fraction of sp³-hybridized carbons (Fsp3) is 0.500. The van der Waals surface area contributed by atoms with E-state index >= 15 is 0 Å². The van der Waals surface area contributed by atoms with Crippen LogP contribution in [-0.2, 0) is 0 Å². The Balaban J connectivity index is 2.19. The van der Waals surface area contributed by atoms with Gasteiger partial charge in [0.1, 0.15) is 0 Å². The molecule has 1 aromatic rings. The summed E-state index contributed by atoms with van der Waals surface area (Å²) < 4.78 is 1.39. The maximum atomic E-state index is 8.89. The van der Waals surface area contributed by atoms with Crippen LogP contribution in [0.3, 0.4) is 0 Å². The summed E-state index contributed by atoms with van der Waals surface area (Å²) in [5, 5.41) is 8.89. The molecule has 1 aliphatic heterocycles. The molecule has 1 fully saturated rings. The van der Waals surface area contributed by atoms with Gasteiger partial charge in [-0.1, -0.05) is 13.8 Å². The number of benzene rings is 1. The minimum atomic E-state index is 0.369. The second-order valence-electron chi connectivity index (χ2n) is 5.12. The molecule has 0 atom stereocenters. The van der Waals surface area contributed by atoms with Crippen molar-refractivity contribution in [2.45, 2.75) is 25.0 Å². The highest BCUT2D eigenvalue weighted by Crippen LogP contribution is 2.34. The molecule has 18 heavy (non-hydrogen) atoms. The van der Waals surface area contributed by atoms with Crippen LogP contribution in [0.2, 0.25) is 0 Å². The van der Waals surface area contributed by atoms with Crippen molar-refractivity contribution < 1.29 is 0 Å². The Bertz CT molecular complexity index is 479. The Morgan fingerprint density at radius 2 is 2.17 bits per heavy atom. The third-order valence-corrected chi connectivity index (χ3v) is 5.26. The van der Waals surface area contributed by atoms with Crippen molar-refractivity contribution in [2.24, 2.45) is 0 Å². The van der Waals surface area contributed by atoms with E-state index in [-0.39, 0.29) is 0 Å². The summed E-state index contributed by atoms with van der Waals surface area (Å²) in [6.07, 6.45) is 1.18. The van der Waals surface area contributed by atoms with Crippen molar-refractivity contribution in [1.82, 2.24) is 0 Å². The molecule has 0 unspecified atom stereocenters. The Morgan fingerprint density at radius 3 is 2.83 bits per heavy atom. The zero-order valence-electron chi connectivity index (χ0n) is 10.7. The van der Waals surface area contributed by atoms with Crippen molar-refractivity contribution >= 4 is 33.4 Å². The van der Waals surface area contributed by atoms with Gasteiger partial charge in [-0.05, 0) is 40.5 Å². The van der Waals surface area contributed by atoms with Crippen molar-refractivity contribution in [3.63, 3.8) is 0 Å². The van der Waals surface area contributed by atoms with E-state index in [2.05, 4.69) is 40.7 Å². The number of nitrogens with zero attached hydrogens (tertiary/aromatic N) is 2. The Labute approximate surface area is 121 Å². The monoisotopic (exact) mass is 324 g/mol. The quantitative estimate of drug-likeness (QED) is 0.780. The molecular formula is C14H17BrN2S. The number of halogens is 1. The van der Waals surface area contributed by atoms with Crippen molar-refractivity contribution in [1.29, 1.82) is 5.26 Å². The van der Waals surface area contributed by atoms with Gasteiger partial charge in [0.15, 0.2) is 0 Å². The van der Waals surface area contributed by atoms with Crippen LogP contribution in [0.1, 0.15) is 25.8 Å². The molecule has 0 amide bonds. The van der Waals surface area contributed by atoms with Crippen LogP contribution in [0.15, 0.2) is 22.7 Å². The van der Waals surface area contributed by atoms with Crippen LogP contribution in [0.5, 0.6) is 0 Å². The molecule has 0 N–H and O–H groups in total. The second-order valence-corrected chi connectivity index (χ2v) is 7.78. The van der Waals surface area contributed by atoms with E-state index in [0.29, 0.717) is 10.3 Å². The van der Waals surface area contributed by atoms with Crippen LogP contribution in [0.25, 0.3) is 0 Å². The zero-order chi connectivity index (χ0) is 13.2. The van der Waals surface area contributed by atoms with Gasteiger partial charge >= 0.3 is 0 Å². The largest absolute Gasteiger partial charge is 0.370 e. The molecule has 0 radical (unpaired) electrons. The SMILES string of the molecule is CC1(C)CCN(c2ccc(C#N)cc2Br)CCS1. The summed E-state index contributed by atoms with van der Waals surface area (Å²) >= 11 is 5.62. The van der Waals surface area contributed by atoms with E-state index in [1.807, 2.05) is 30.0 Å². The predicted octanol–water partition coefficient (Wildman–Crippen LogP) is 4.04. The summed E-state index contributed by atoms with van der Waals surface area (Å²) in [5.74, 6) is 1.15. The molecule has 0 saturated carbocycles. The first kappa shape index (κ1) is 13.8. The van der Waals surface area contributed by atoms with Crippen LogP contribution in [0, 0.1) is 11.3 Å². The fourth-order valence-corrected chi connectivity index (χ4v) is 3.82. The van der Waals surface area contributed by atoms with E-state index in [1.54, 1.807) is 0 Å². The normalized spacial score (nSPS) is 19.1. The lowest BCUT2D eigenvalue weighted by atomic mass is 10.1. The molecule has 1 heterocycles. The molecule has 0 spiro atoms. The topological polar surface area (TPSA) is 27.0 Å². The lowest BCUT2D eigenvalue weighted by molar-refractivity contribution is 0.637. The van der Waals surface area contributed by atoms with Crippen molar-refractivity contribution in [3.05, 3.63) is 28.2 Å². The molecule has 96 valence electrons. The first-order valence-electron chi connectivity index (χ1n) is 6.10. The summed E-state index contributed by atoms with van der Waals surface area (Å²) in [4.78, 5) is 2.41. The van der Waals surface area contributed by atoms with Crippen LogP contribution >= 0.6 is 27.7 Å². The van der Waals surface area contributed by atoms with Gasteiger partial charge in [0.2, 0.25) is 0 Å². The van der Waals surface area contributed by atoms with Gasteiger partial charge in [-0.25, -0.2) is 0 Å². The third kappa shape index (κ3) is 3.21. The predicted molar refractivity (Wildman–Crippen MR) is 82.2 cm³/mol. The van der Waals surface area contributed by atoms with Gasteiger partial charge in [0, 0.05) is 28.1 Å². The van der Waals surface area contributed by atoms with Gasteiger partial charge in [-0.3, -0.25) is 0 Å². The molecule has 1 saturated heterocycles. The second kappa shape index (κ2) is 5.54. The van der Waals surface area contributed by atoms with Gasteiger partial charge < -0.3 is 4.90 Å². The van der Waals surface area contributed by atoms with Crippen LogP contribution in [0.4, 0.5) is 5.69 Å². The molecule has 0 aromatic heterocycles. The number of rotatable bonds is 1. The lowest BCUT2D eigenvalue weighted by Crippen LogP contribution is -2.27. The number of hydrogen-bond donors (Lipinski definition) is 0. The molecule has 4 heteroatoms. The number of anilines is 1. The van der Waals surface area contributed by atoms with E-state index < -0.39 is 0 Å². The van der Waals surface area contributed by atoms with Crippen LogP contribution < -0.4 is 4.90 Å². The van der Waals surface area contributed by atoms with Crippen LogP contribution in [-0.4, -0.2) is 23.6 Å². The number of nitriles is 1. The smallest absolute Gasteiger partial charge is 0.0992 e. The van der Waals surface area contributed by atoms with Gasteiger partial charge in [-0.2, -0.15) is 17.0 Å². The molecule has 2 rings (SSSR count). The zero-order valence-corrected chi connectivity index (χ0v) is 13.1. The van der Waals surface area contributed by atoms with Crippen molar-refractivity contribution in [3.8, 4) is 6.07 Å². The first-order chi connectivity index (χ1) is 8.52. The summed E-state index contributed by atoms with van der Waals surface area (Å²) in [6, 6.07) is 8.01. The maximum Gasteiger partial charge on any atom is 0.0992 e. The minimum absolute atomic E-state index is 0.369. The standard InChI is InChI=1S/C14H17BrN2S/c1-14(2)5-6-17(7-8-18-14)13-4-3-11(10-16)9-12(13)15/h3-4,9H,5-8H2,1-2H3. The highest BCUT2D eigenvalue weighted by Gasteiger charge is 2.24. The molecule has 0 aliphatic carbocycles. The van der Waals surface area contributed by atoms with Gasteiger partial charge in [-0.15, -0.1) is 0 Å². The molecule has 0 bridgehead atoms. The minimum Gasteiger partial charge on any atom is -0.370 e. The van der Waals surface area contributed by atoms with E-state index in [4.69, 9.17) is 5.26 Å². The average molecular weight is 325 g/mol. The third-order valence-electron chi connectivity index (χ3n) is 3.26. The molecule has 2 nitrogen and oxygen atoms in total. The van der Waals surface area contributed by atoms with E-state index in [1.165, 1.54) is 12.1 Å². The molecule has 1 aromatic carbocycles. The molecule has 1 aliphatic rings. The highest BCUT2D eigenvalue weighted by molar-refractivity contribution is 9.10. The summed E-state index contributed by atoms with van der Waals surface area (Å²) in [7, 11) is 0. The molecular weight excluding hydrogens is 308 g/mol. The number of thioether (sulfide) groups is 1. The maximum absolute atomic E-state index is 8.89. The first-order valence-corrected chi connectivity index (χ1v) is 7.88. The highest BCUT2D eigenvalue weighted by atomic mass is 79.9. The Hall–Kier alpha value is -0.660. The van der Waals surface area contributed by atoms with E-state index in [0.717, 1.165) is 23.3 Å². The summed E-state index contributed by atoms with van der Waals surface area (Å²) in [6.45, 7) is 6.77. The fourth-order valence-electron chi connectivity index (χ4n) is 2.09. The Kier molecular flexibility index (Phi) is 4.24. The average Bonchev–Trinajstić information content (AvgIpc) is 2.50. The van der Waals surface area contributed by atoms with Gasteiger partial charge in [0.05, 0.1) is 17.3 Å². The lowest BCUT2D eigenvalue weighted by Gasteiger charge is -2.25.